The molecule has 1 heterocycles. The predicted molar refractivity (Wildman–Crippen MR) is 122 cm³/mol. The number of guanidine groups is 1. The van der Waals surface area contributed by atoms with Gasteiger partial charge in [0.15, 0.2) is 5.96 Å². The van der Waals surface area contributed by atoms with E-state index in [1.54, 1.807) is 0 Å². The maximum absolute atomic E-state index is 11.2. The molecule has 26 heavy (non-hydrogen) atoms. The summed E-state index contributed by atoms with van der Waals surface area (Å²) in [6, 6.07) is 12.1. The summed E-state index contributed by atoms with van der Waals surface area (Å²) in [6.45, 7) is 7.85. The first kappa shape index (κ1) is 22.4. The van der Waals surface area contributed by atoms with Gasteiger partial charge in [0.25, 0.3) is 0 Å². The monoisotopic (exact) mass is 486 g/mol. The summed E-state index contributed by atoms with van der Waals surface area (Å²) in [5.74, 6) is 0.719. The molecular weight excluding hydrogens is 459 g/mol. The van der Waals surface area contributed by atoms with Gasteiger partial charge < -0.3 is 16.0 Å². The van der Waals surface area contributed by atoms with Crippen molar-refractivity contribution >= 4 is 52.9 Å². The van der Waals surface area contributed by atoms with Crippen molar-refractivity contribution in [1.29, 1.82) is 0 Å². The molecule has 1 amide bonds. The van der Waals surface area contributed by atoms with Crippen molar-refractivity contribution in [2.24, 2.45) is 4.99 Å². The van der Waals surface area contributed by atoms with E-state index in [-0.39, 0.29) is 29.9 Å². The summed E-state index contributed by atoms with van der Waals surface area (Å²) < 4.78 is 0. The van der Waals surface area contributed by atoms with E-state index in [2.05, 4.69) is 46.9 Å². The van der Waals surface area contributed by atoms with Crippen LogP contribution in [0.15, 0.2) is 41.4 Å². The minimum atomic E-state index is -0.0712. The summed E-state index contributed by atoms with van der Waals surface area (Å²) in [4.78, 5) is 18.5. The number of halogens is 1. The van der Waals surface area contributed by atoms with E-state index < -0.39 is 0 Å². The van der Waals surface area contributed by atoms with E-state index in [0.29, 0.717) is 6.54 Å². The van der Waals surface area contributed by atoms with Crippen molar-refractivity contribution in [1.82, 2.24) is 10.6 Å². The van der Waals surface area contributed by atoms with Crippen LogP contribution in [-0.4, -0.2) is 18.4 Å². The molecule has 0 fully saturated rings. The number of rotatable bonds is 7. The fourth-order valence-corrected chi connectivity index (χ4v) is 3.24. The van der Waals surface area contributed by atoms with E-state index >= 15 is 0 Å². The molecule has 0 aliphatic carbocycles. The molecule has 0 spiro atoms. The molecule has 0 radical (unpaired) electrons. The zero-order chi connectivity index (χ0) is 18.1. The Morgan fingerprint density at radius 2 is 1.88 bits per heavy atom. The lowest BCUT2D eigenvalue weighted by atomic mass is 10.2. The SMILES string of the molecule is CCNC(=NCc1cccc(NC(C)=O)c1)NCc1ccc(CC)s1.I. The summed E-state index contributed by atoms with van der Waals surface area (Å²) in [6.07, 6.45) is 1.07. The average molecular weight is 486 g/mol. The zero-order valence-electron chi connectivity index (χ0n) is 15.5. The molecule has 2 rings (SSSR count). The minimum Gasteiger partial charge on any atom is -0.357 e. The highest BCUT2D eigenvalue weighted by molar-refractivity contribution is 14.0. The Morgan fingerprint density at radius 1 is 1.12 bits per heavy atom. The number of aliphatic imine (C=N–C) groups is 1. The molecular formula is C19H27IN4OS. The molecule has 0 saturated heterocycles. The maximum Gasteiger partial charge on any atom is 0.221 e. The number of amides is 1. The Balaban J connectivity index is 0.00000338. The van der Waals surface area contributed by atoms with Crippen molar-refractivity contribution < 1.29 is 4.79 Å². The van der Waals surface area contributed by atoms with Crippen molar-refractivity contribution in [2.45, 2.75) is 40.3 Å². The molecule has 5 nitrogen and oxygen atoms in total. The topological polar surface area (TPSA) is 65.5 Å². The Bertz CT molecular complexity index is 730. The molecule has 2 aromatic rings. The number of hydrogen-bond acceptors (Lipinski definition) is 3. The molecule has 0 bridgehead atoms. The third-order valence-electron chi connectivity index (χ3n) is 3.51. The first-order chi connectivity index (χ1) is 12.1. The summed E-state index contributed by atoms with van der Waals surface area (Å²) >= 11 is 1.83. The van der Waals surface area contributed by atoms with E-state index in [1.807, 2.05) is 35.6 Å². The molecule has 0 aliphatic heterocycles. The number of hydrogen-bond donors (Lipinski definition) is 3. The van der Waals surface area contributed by atoms with Gasteiger partial charge in [-0.15, -0.1) is 35.3 Å². The Morgan fingerprint density at radius 3 is 2.54 bits per heavy atom. The fraction of sp³-hybridized carbons (Fsp3) is 0.368. The summed E-state index contributed by atoms with van der Waals surface area (Å²) in [5, 5.41) is 9.43. The van der Waals surface area contributed by atoms with Crippen LogP contribution >= 0.6 is 35.3 Å². The predicted octanol–water partition coefficient (Wildman–Crippen LogP) is 4.14. The summed E-state index contributed by atoms with van der Waals surface area (Å²) in [5.41, 5.74) is 1.84. The van der Waals surface area contributed by atoms with Gasteiger partial charge in [-0.25, -0.2) is 4.99 Å². The number of nitrogens with one attached hydrogen (secondary N) is 3. The Kier molecular flexibility index (Phi) is 10.3. The smallest absolute Gasteiger partial charge is 0.221 e. The number of carbonyl (C=O) groups excluding carboxylic acids is 1. The van der Waals surface area contributed by atoms with Crippen LogP contribution in [0.25, 0.3) is 0 Å². The number of nitrogens with zero attached hydrogens (tertiary/aromatic N) is 1. The van der Waals surface area contributed by atoms with Gasteiger partial charge >= 0.3 is 0 Å². The van der Waals surface area contributed by atoms with E-state index in [9.17, 15) is 4.79 Å². The first-order valence-electron chi connectivity index (χ1n) is 8.57. The quantitative estimate of drug-likeness (QED) is 0.313. The first-order valence-corrected chi connectivity index (χ1v) is 9.38. The number of anilines is 1. The van der Waals surface area contributed by atoms with Crippen molar-refractivity contribution in [3.63, 3.8) is 0 Å². The van der Waals surface area contributed by atoms with Gasteiger partial charge in [-0.1, -0.05) is 19.1 Å². The standard InChI is InChI=1S/C19H26N4OS.HI/c1-4-17-9-10-18(25-17)13-22-19(20-5-2)21-12-15-7-6-8-16(11-15)23-14(3)24;/h6-11H,4-5,12-13H2,1-3H3,(H,23,24)(H2,20,21,22);1H. The van der Waals surface area contributed by atoms with Gasteiger partial charge in [-0.05, 0) is 43.2 Å². The lowest BCUT2D eigenvalue weighted by Crippen LogP contribution is -2.36. The van der Waals surface area contributed by atoms with Gasteiger partial charge in [-0.3, -0.25) is 4.79 Å². The van der Waals surface area contributed by atoms with Crippen LogP contribution in [0.3, 0.4) is 0 Å². The normalized spacial score (nSPS) is 10.8. The molecule has 0 unspecified atom stereocenters. The molecule has 1 aromatic carbocycles. The van der Waals surface area contributed by atoms with Crippen LogP contribution in [0, 0.1) is 0 Å². The average Bonchev–Trinajstić information content (AvgIpc) is 3.05. The van der Waals surface area contributed by atoms with Gasteiger partial charge in [0.2, 0.25) is 5.91 Å². The summed E-state index contributed by atoms with van der Waals surface area (Å²) in [7, 11) is 0. The zero-order valence-corrected chi connectivity index (χ0v) is 18.6. The lowest BCUT2D eigenvalue weighted by molar-refractivity contribution is -0.114. The second-order valence-corrected chi connectivity index (χ2v) is 6.90. The highest BCUT2D eigenvalue weighted by Gasteiger charge is 2.02. The van der Waals surface area contributed by atoms with Crippen LogP contribution < -0.4 is 16.0 Å². The van der Waals surface area contributed by atoms with Gasteiger partial charge in [0, 0.05) is 28.9 Å². The molecule has 7 heteroatoms. The largest absolute Gasteiger partial charge is 0.357 e. The second kappa shape index (κ2) is 11.9. The molecule has 142 valence electrons. The molecule has 1 aromatic heterocycles. The van der Waals surface area contributed by atoms with Crippen LogP contribution in [-0.2, 0) is 24.3 Å². The Hall–Kier alpha value is -1.61. The number of benzene rings is 1. The number of carbonyl (C=O) groups is 1. The van der Waals surface area contributed by atoms with E-state index in [0.717, 1.165) is 36.7 Å². The highest BCUT2D eigenvalue weighted by atomic mass is 127. The van der Waals surface area contributed by atoms with Crippen LogP contribution in [0.5, 0.6) is 0 Å². The van der Waals surface area contributed by atoms with Crippen LogP contribution in [0.4, 0.5) is 5.69 Å². The highest BCUT2D eigenvalue weighted by Crippen LogP contribution is 2.16. The number of thiophene rings is 1. The molecule has 0 aliphatic rings. The Labute approximate surface area is 176 Å². The minimum absolute atomic E-state index is 0. The third kappa shape index (κ3) is 7.74. The van der Waals surface area contributed by atoms with Crippen LogP contribution in [0.1, 0.15) is 36.1 Å². The number of aryl methyl sites for hydroxylation is 1. The lowest BCUT2D eigenvalue weighted by Gasteiger charge is -2.11. The third-order valence-corrected chi connectivity index (χ3v) is 4.74. The fourth-order valence-electron chi connectivity index (χ4n) is 2.34. The van der Waals surface area contributed by atoms with Crippen molar-refractivity contribution in [3.8, 4) is 0 Å². The van der Waals surface area contributed by atoms with Crippen molar-refractivity contribution in [3.05, 3.63) is 51.7 Å². The van der Waals surface area contributed by atoms with Crippen LogP contribution in [0.2, 0.25) is 0 Å². The van der Waals surface area contributed by atoms with E-state index in [1.165, 1.54) is 16.7 Å². The second-order valence-electron chi connectivity index (χ2n) is 5.65. The van der Waals surface area contributed by atoms with Gasteiger partial charge in [-0.2, -0.15) is 0 Å². The molecule has 3 N–H and O–H groups in total. The molecule has 0 saturated carbocycles. The molecule has 0 atom stereocenters. The van der Waals surface area contributed by atoms with Gasteiger partial charge in [0.1, 0.15) is 0 Å². The maximum atomic E-state index is 11.2. The van der Waals surface area contributed by atoms with Crippen molar-refractivity contribution in [2.75, 3.05) is 11.9 Å². The van der Waals surface area contributed by atoms with Gasteiger partial charge in [0.05, 0.1) is 13.1 Å². The van der Waals surface area contributed by atoms with E-state index in [4.69, 9.17) is 0 Å².